The monoisotopic (exact) mass is 328 g/mol. The van der Waals surface area contributed by atoms with E-state index in [1.165, 1.54) is 10.5 Å². The van der Waals surface area contributed by atoms with E-state index in [1.807, 2.05) is 30.3 Å². The Morgan fingerprint density at radius 3 is 2.57 bits per heavy atom. The van der Waals surface area contributed by atoms with Crippen LogP contribution in [0.25, 0.3) is 0 Å². The fourth-order valence-corrected chi connectivity index (χ4v) is 2.87. The maximum atomic E-state index is 12.6. The Bertz CT molecular complexity index is 743. The molecule has 0 bridgehead atoms. The molecule has 1 N–H and O–H groups in total. The molecule has 1 aliphatic heterocycles. The van der Waals surface area contributed by atoms with E-state index in [-0.39, 0.29) is 18.2 Å². The van der Waals surface area contributed by atoms with Crippen molar-refractivity contribution in [3.05, 3.63) is 59.1 Å². The van der Waals surface area contributed by atoms with Crippen molar-refractivity contribution in [2.24, 2.45) is 0 Å². The molecule has 0 aliphatic carbocycles. The van der Waals surface area contributed by atoms with E-state index in [9.17, 15) is 9.59 Å². The van der Waals surface area contributed by atoms with E-state index in [1.54, 1.807) is 18.2 Å². The summed E-state index contributed by atoms with van der Waals surface area (Å²) in [6.45, 7) is 2.06. The van der Waals surface area contributed by atoms with E-state index in [4.69, 9.17) is 11.6 Å². The summed E-state index contributed by atoms with van der Waals surface area (Å²) >= 11 is 5.95. The molecule has 118 valence electrons. The van der Waals surface area contributed by atoms with E-state index in [0.29, 0.717) is 10.7 Å². The van der Waals surface area contributed by atoms with Gasteiger partial charge in [-0.15, -0.1) is 0 Å². The summed E-state index contributed by atoms with van der Waals surface area (Å²) in [5.74, 6) is -0.432. The van der Waals surface area contributed by atoms with Crippen LogP contribution in [0, 0.1) is 0 Å². The molecule has 0 radical (unpaired) electrons. The number of nitrogens with zero attached hydrogens (tertiary/aromatic N) is 1. The maximum absolute atomic E-state index is 12.6. The minimum atomic E-state index is -0.563. The third-order valence-electron chi connectivity index (χ3n) is 3.91. The molecule has 23 heavy (non-hydrogen) atoms. The number of carbonyl (C=O) groups is 2. The first-order valence-electron chi connectivity index (χ1n) is 7.56. The fourth-order valence-electron chi connectivity index (χ4n) is 2.68. The smallest absolute Gasteiger partial charge is 0.256 e. The van der Waals surface area contributed by atoms with Crippen molar-refractivity contribution >= 4 is 34.8 Å². The topological polar surface area (TPSA) is 49.4 Å². The SMILES string of the molecule is CCc1ccc(N2C(=O)C[C@@H](Nc3cccc(Cl)c3)C2=O)cc1. The quantitative estimate of drug-likeness (QED) is 0.872. The summed E-state index contributed by atoms with van der Waals surface area (Å²) in [5.41, 5.74) is 2.51. The predicted octanol–water partition coefficient (Wildman–Crippen LogP) is 3.65. The summed E-state index contributed by atoms with van der Waals surface area (Å²) in [7, 11) is 0. The molecule has 5 heteroatoms. The van der Waals surface area contributed by atoms with Crippen LogP contribution in [0.1, 0.15) is 18.9 Å². The number of benzene rings is 2. The van der Waals surface area contributed by atoms with Crippen molar-refractivity contribution < 1.29 is 9.59 Å². The lowest BCUT2D eigenvalue weighted by molar-refractivity contribution is -0.121. The van der Waals surface area contributed by atoms with E-state index < -0.39 is 6.04 Å². The van der Waals surface area contributed by atoms with Gasteiger partial charge in [-0.2, -0.15) is 0 Å². The molecule has 0 saturated carbocycles. The van der Waals surface area contributed by atoms with Crippen LogP contribution in [0.4, 0.5) is 11.4 Å². The van der Waals surface area contributed by atoms with E-state index >= 15 is 0 Å². The molecule has 0 unspecified atom stereocenters. The molecule has 2 aromatic carbocycles. The largest absolute Gasteiger partial charge is 0.373 e. The Labute approximate surface area is 140 Å². The van der Waals surface area contributed by atoms with Crippen molar-refractivity contribution in [1.29, 1.82) is 0 Å². The normalized spacial score (nSPS) is 17.7. The number of hydrogen-bond donors (Lipinski definition) is 1. The van der Waals surface area contributed by atoms with Crippen LogP contribution in [0.3, 0.4) is 0 Å². The Balaban J connectivity index is 1.79. The van der Waals surface area contributed by atoms with Crippen molar-refractivity contribution in [2.75, 3.05) is 10.2 Å². The molecule has 4 nitrogen and oxygen atoms in total. The summed E-state index contributed by atoms with van der Waals surface area (Å²) in [4.78, 5) is 26.1. The first kappa shape index (κ1) is 15.6. The summed E-state index contributed by atoms with van der Waals surface area (Å²) in [6, 6.07) is 14.1. The second-order valence-corrected chi connectivity index (χ2v) is 5.94. The van der Waals surface area contributed by atoms with Gasteiger partial charge >= 0.3 is 0 Å². The van der Waals surface area contributed by atoms with Crippen molar-refractivity contribution in [3.63, 3.8) is 0 Å². The molecule has 3 rings (SSSR count). The first-order chi connectivity index (χ1) is 11.1. The average Bonchev–Trinajstić information content (AvgIpc) is 2.81. The lowest BCUT2D eigenvalue weighted by Crippen LogP contribution is -2.34. The lowest BCUT2D eigenvalue weighted by atomic mass is 10.1. The minimum absolute atomic E-state index is 0.140. The molecule has 0 spiro atoms. The van der Waals surface area contributed by atoms with Crippen LogP contribution in [-0.4, -0.2) is 17.9 Å². The molecule has 1 aliphatic rings. The first-order valence-corrected chi connectivity index (χ1v) is 7.94. The number of aryl methyl sites for hydroxylation is 1. The van der Waals surface area contributed by atoms with Crippen molar-refractivity contribution in [3.8, 4) is 0 Å². The van der Waals surface area contributed by atoms with Crippen LogP contribution in [0.5, 0.6) is 0 Å². The molecular formula is C18H17ClN2O2. The zero-order valence-corrected chi connectivity index (χ0v) is 13.5. The molecule has 1 atom stereocenters. The van der Waals surface area contributed by atoms with E-state index in [0.717, 1.165) is 12.1 Å². The fraction of sp³-hybridized carbons (Fsp3) is 0.222. The zero-order valence-electron chi connectivity index (χ0n) is 12.8. The molecule has 2 amide bonds. The molecule has 1 saturated heterocycles. The van der Waals surface area contributed by atoms with Crippen LogP contribution in [-0.2, 0) is 16.0 Å². The van der Waals surface area contributed by atoms with Gasteiger partial charge in [-0.1, -0.05) is 36.7 Å². The van der Waals surface area contributed by atoms with Gasteiger partial charge in [-0.3, -0.25) is 9.59 Å². The molecular weight excluding hydrogens is 312 g/mol. The second kappa shape index (κ2) is 6.42. The van der Waals surface area contributed by atoms with Gasteiger partial charge in [0.2, 0.25) is 5.91 Å². The third kappa shape index (κ3) is 3.22. The van der Waals surface area contributed by atoms with Crippen LogP contribution >= 0.6 is 11.6 Å². The molecule has 1 fully saturated rings. The Morgan fingerprint density at radius 2 is 1.91 bits per heavy atom. The van der Waals surface area contributed by atoms with Crippen molar-refractivity contribution in [2.45, 2.75) is 25.8 Å². The predicted molar refractivity (Wildman–Crippen MR) is 91.8 cm³/mol. The standard InChI is InChI=1S/C18H17ClN2O2/c1-2-12-6-8-15(9-7-12)21-17(22)11-16(18(21)23)20-14-5-3-4-13(19)10-14/h3-10,16,20H,2,11H2,1H3/t16-/m1/s1. The van der Waals surface area contributed by atoms with Gasteiger partial charge in [0.15, 0.2) is 0 Å². The molecule has 0 aromatic heterocycles. The number of halogens is 1. The highest BCUT2D eigenvalue weighted by Crippen LogP contribution is 2.26. The highest BCUT2D eigenvalue weighted by molar-refractivity contribution is 6.30. The Kier molecular flexibility index (Phi) is 4.35. The Morgan fingerprint density at radius 1 is 1.17 bits per heavy atom. The molecule has 1 heterocycles. The van der Waals surface area contributed by atoms with Gasteiger partial charge in [0, 0.05) is 10.7 Å². The number of amides is 2. The second-order valence-electron chi connectivity index (χ2n) is 5.50. The highest BCUT2D eigenvalue weighted by Gasteiger charge is 2.39. The van der Waals surface area contributed by atoms with Gasteiger partial charge in [0.25, 0.3) is 5.91 Å². The summed E-state index contributed by atoms with van der Waals surface area (Å²) in [6.07, 6.45) is 1.06. The minimum Gasteiger partial charge on any atom is -0.373 e. The van der Waals surface area contributed by atoms with Crippen LogP contribution < -0.4 is 10.2 Å². The van der Waals surface area contributed by atoms with E-state index in [2.05, 4.69) is 12.2 Å². The van der Waals surface area contributed by atoms with Crippen LogP contribution in [0.2, 0.25) is 5.02 Å². The highest BCUT2D eigenvalue weighted by atomic mass is 35.5. The van der Waals surface area contributed by atoms with Gasteiger partial charge < -0.3 is 5.32 Å². The number of rotatable bonds is 4. The summed E-state index contributed by atoms with van der Waals surface area (Å²) in [5, 5.41) is 3.67. The van der Waals surface area contributed by atoms with Crippen LogP contribution in [0.15, 0.2) is 48.5 Å². The number of imide groups is 1. The number of nitrogens with one attached hydrogen (secondary N) is 1. The van der Waals surface area contributed by atoms with Crippen molar-refractivity contribution in [1.82, 2.24) is 0 Å². The van der Waals surface area contributed by atoms with Gasteiger partial charge in [0.05, 0.1) is 12.1 Å². The van der Waals surface area contributed by atoms with Gasteiger partial charge in [-0.05, 0) is 42.3 Å². The summed E-state index contributed by atoms with van der Waals surface area (Å²) < 4.78 is 0. The Hall–Kier alpha value is -2.33. The number of hydrogen-bond acceptors (Lipinski definition) is 3. The molecule has 2 aromatic rings. The number of carbonyl (C=O) groups excluding carboxylic acids is 2. The maximum Gasteiger partial charge on any atom is 0.256 e. The van der Waals surface area contributed by atoms with Gasteiger partial charge in [-0.25, -0.2) is 4.90 Å². The zero-order chi connectivity index (χ0) is 16.4. The number of anilines is 2. The van der Waals surface area contributed by atoms with Gasteiger partial charge in [0.1, 0.15) is 6.04 Å². The third-order valence-corrected chi connectivity index (χ3v) is 4.15. The average molecular weight is 329 g/mol. The lowest BCUT2D eigenvalue weighted by Gasteiger charge is -2.16.